The number of halogens is 4. The van der Waals surface area contributed by atoms with E-state index in [-0.39, 0.29) is 76.7 Å². The van der Waals surface area contributed by atoms with Gasteiger partial charge in [-0.25, -0.2) is 18.8 Å². The van der Waals surface area contributed by atoms with Crippen LogP contribution < -0.4 is 15.8 Å². The molecular weight excluding hydrogens is 1110 g/mol. The summed E-state index contributed by atoms with van der Waals surface area (Å²) in [7, 11) is -5.65. The summed E-state index contributed by atoms with van der Waals surface area (Å²) in [6, 6.07) is 13.2. The standard InChI is InChI=1S/C54H71F4N5O18S/c1-3-11-63(80-4-2)54(66)41-33-40-7-6-39(34-44(40)62-45(60)35-41)43-8-5-38(32-42(43)36-59)37-61-46(64)9-12-70-14-16-72-18-20-74-22-24-76-26-28-78-30-31-79-29-27-77-25-23-75-21-19-73-17-15-71-13-10-47(65)81-52-48(55)50(57)53(82(67,68)69)51(58)49(52)56/h5-8,32-34H,3-4,9-31,35,37H2,1-2H3,(H2,60,62)(H,61,64)(H,67,68,69). The van der Waals surface area contributed by atoms with Crippen molar-refractivity contribution in [2.75, 3.05) is 145 Å². The minimum Gasteiger partial charge on any atom is -0.420 e. The second-order valence-corrected chi connectivity index (χ2v) is 18.7. The Bertz CT molecular complexity index is 2680. The van der Waals surface area contributed by atoms with Gasteiger partial charge >= 0.3 is 16.1 Å². The number of fused-ring (bicyclic) bond motifs is 1. The number of hydroxylamine groups is 2. The van der Waals surface area contributed by atoms with Crippen LogP contribution in [0.15, 0.2) is 51.9 Å². The maximum atomic E-state index is 14.0. The third kappa shape index (κ3) is 24.8. The minimum atomic E-state index is -5.65. The number of benzene rings is 3. The number of nitrogens with two attached hydrogens (primary N) is 1. The number of carbonyl (C=O) groups excluding carboxylic acids is 3. The van der Waals surface area contributed by atoms with Crippen LogP contribution in [0, 0.1) is 34.6 Å². The van der Waals surface area contributed by atoms with Crippen LogP contribution in [0.1, 0.15) is 56.2 Å². The van der Waals surface area contributed by atoms with Crippen LogP contribution in [0.3, 0.4) is 0 Å². The number of hydrogen-bond acceptors (Lipinski definition) is 20. The van der Waals surface area contributed by atoms with E-state index >= 15 is 0 Å². The Morgan fingerprint density at radius 2 is 1.16 bits per heavy atom. The maximum absolute atomic E-state index is 14.0. The number of amidine groups is 1. The van der Waals surface area contributed by atoms with Crippen molar-refractivity contribution >= 4 is 45.5 Å². The first kappa shape index (κ1) is 68.5. The van der Waals surface area contributed by atoms with E-state index in [0.717, 1.165) is 23.1 Å². The molecule has 28 heteroatoms. The molecule has 0 unspecified atom stereocenters. The first-order valence-electron chi connectivity index (χ1n) is 26.3. The lowest BCUT2D eigenvalue weighted by Crippen LogP contribution is -2.34. The molecule has 0 saturated carbocycles. The first-order valence-corrected chi connectivity index (χ1v) is 27.8. The van der Waals surface area contributed by atoms with Crippen molar-refractivity contribution in [1.29, 1.82) is 5.26 Å². The highest BCUT2D eigenvalue weighted by atomic mass is 32.2. The summed E-state index contributed by atoms with van der Waals surface area (Å²) in [6.45, 7) is 10.4. The number of rotatable bonds is 43. The predicted octanol–water partition coefficient (Wildman–Crippen LogP) is 5.16. The molecular formula is C54H71F4N5O18S. The molecule has 0 atom stereocenters. The number of hydrogen-bond donors (Lipinski definition) is 3. The average Bonchev–Trinajstić information content (AvgIpc) is 2.67. The monoisotopic (exact) mass is 1190 g/mol. The number of nitrogens with zero attached hydrogens (tertiary/aromatic N) is 3. The van der Waals surface area contributed by atoms with Crippen LogP contribution >= 0.6 is 0 Å². The van der Waals surface area contributed by atoms with Gasteiger partial charge in [0.15, 0.2) is 16.5 Å². The van der Waals surface area contributed by atoms with Crippen LogP contribution in [-0.4, -0.2) is 187 Å². The van der Waals surface area contributed by atoms with E-state index < -0.39 is 56.4 Å². The molecule has 3 aromatic carbocycles. The van der Waals surface area contributed by atoms with Gasteiger partial charge < -0.3 is 63.2 Å². The molecule has 82 heavy (non-hydrogen) atoms. The maximum Gasteiger partial charge on any atom is 0.313 e. The van der Waals surface area contributed by atoms with E-state index in [2.05, 4.69) is 21.1 Å². The lowest BCUT2D eigenvalue weighted by atomic mass is 9.96. The summed E-state index contributed by atoms with van der Waals surface area (Å²) in [5.41, 5.74) is 10.6. The van der Waals surface area contributed by atoms with E-state index in [1.54, 1.807) is 12.1 Å². The van der Waals surface area contributed by atoms with Crippen molar-refractivity contribution in [3.63, 3.8) is 0 Å². The molecule has 1 aliphatic heterocycles. The lowest BCUT2D eigenvalue weighted by molar-refractivity contribution is -0.180. The zero-order chi connectivity index (χ0) is 59.5. The molecule has 0 fully saturated rings. The largest absolute Gasteiger partial charge is 0.420 e. The van der Waals surface area contributed by atoms with Gasteiger partial charge in [-0.3, -0.25) is 23.8 Å². The highest BCUT2D eigenvalue weighted by Gasteiger charge is 2.34. The number of carbonyl (C=O) groups is 3. The third-order valence-electron chi connectivity index (χ3n) is 11.1. The summed E-state index contributed by atoms with van der Waals surface area (Å²) in [6.07, 6.45) is 2.26. The quantitative estimate of drug-likeness (QED) is 0.0125. The first-order chi connectivity index (χ1) is 39.6. The van der Waals surface area contributed by atoms with Gasteiger partial charge in [0, 0.05) is 37.1 Å². The highest BCUT2D eigenvalue weighted by Crippen LogP contribution is 2.35. The van der Waals surface area contributed by atoms with Crippen LogP contribution in [-0.2, 0) is 83.3 Å². The van der Waals surface area contributed by atoms with Crippen molar-refractivity contribution in [2.24, 2.45) is 10.7 Å². The van der Waals surface area contributed by atoms with Crippen LogP contribution in [0.2, 0.25) is 0 Å². The summed E-state index contributed by atoms with van der Waals surface area (Å²) in [4.78, 5) is 45.5. The number of ether oxygens (including phenoxy) is 11. The number of nitriles is 1. The predicted molar refractivity (Wildman–Crippen MR) is 285 cm³/mol. The summed E-state index contributed by atoms with van der Waals surface area (Å²) in [5, 5.41) is 14.2. The zero-order valence-corrected chi connectivity index (χ0v) is 46.7. The Balaban J connectivity index is 0.881. The fraction of sp³-hybridized carbons (Fsp3) is 0.537. The second kappa shape index (κ2) is 38.7. The van der Waals surface area contributed by atoms with Crippen molar-refractivity contribution in [3.05, 3.63) is 81.9 Å². The Morgan fingerprint density at radius 1 is 0.683 bits per heavy atom. The van der Waals surface area contributed by atoms with Gasteiger partial charge in [-0.15, -0.1) is 0 Å². The summed E-state index contributed by atoms with van der Waals surface area (Å²) >= 11 is 0. The molecule has 0 radical (unpaired) electrons. The Morgan fingerprint density at radius 3 is 1.61 bits per heavy atom. The average molecular weight is 1190 g/mol. The van der Waals surface area contributed by atoms with Gasteiger partial charge in [-0.1, -0.05) is 31.2 Å². The molecule has 0 bridgehead atoms. The SMILES string of the molecule is CCCN(OCC)C(=O)C1=Cc2ccc(-c3ccc(CNC(=O)CCOCCOCCOCCOCCOCCOCCOCCOCCOCCOCCC(=O)Oc4c(F)c(F)c(S(=O)(=O)O)c(F)c4F)cc3C#N)cc2N=C(N)C1. The smallest absolute Gasteiger partial charge is 0.313 e. The molecule has 3 aromatic rings. The van der Waals surface area contributed by atoms with E-state index in [1.807, 2.05) is 44.2 Å². The molecule has 0 saturated heterocycles. The molecule has 4 N–H and O–H groups in total. The van der Waals surface area contributed by atoms with Gasteiger partial charge in [0.1, 0.15) is 5.84 Å². The van der Waals surface area contributed by atoms with Gasteiger partial charge in [0.25, 0.3) is 5.91 Å². The van der Waals surface area contributed by atoms with Crippen molar-refractivity contribution in [1.82, 2.24) is 10.4 Å². The molecule has 0 aromatic heterocycles. The normalized spacial score (nSPS) is 12.3. The molecule has 0 spiro atoms. The van der Waals surface area contributed by atoms with E-state index in [4.69, 9.17) is 62.5 Å². The Hall–Kier alpha value is -6.04. The Labute approximate surface area is 473 Å². The fourth-order valence-corrected chi connectivity index (χ4v) is 7.88. The van der Waals surface area contributed by atoms with Gasteiger partial charge in [-0.2, -0.15) is 22.5 Å². The number of nitrogens with one attached hydrogen (secondary N) is 1. The van der Waals surface area contributed by atoms with E-state index in [9.17, 15) is 45.6 Å². The zero-order valence-electron chi connectivity index (χ0n) is 45.9. The summed E-state index contributed by atoms with van der Waals surface area (Å²) < 4.78 is 145. The molecule has 4 rings (SSSR count). The minimum absolute atomic E-state index is 0.0136. The number of esters is 1. The fourth-order valence-electron chi connectivity index (χ4n) is 7.25. The molecule has 0 aliphatic carbocycles. The van der Waals surface area contributed by atoms with E-state index in [0.29, 0.717) is 128 Å². The van der Waals surface area contributed by atoms with Crippen LogP contribution in [0.5, 0.6) is 5.75 Å². The van der Waals surface area contributed by atoms with Crippen molar-refractivity contribution < 1.29 is 102 Å². The number of amides is 2. The molecule has 454 valence electrons. The van der Waals surface area contributed by atoms with Crippen molar-refractivity contribution in [2.45, 2.75) is 51.0 Å². The third-order valence-corrected chi connectivity index (χ3v) is 12.0. The number of aliphatic imine (C=N–C) groups is 1. The van der Waals surface area contributed by atoms with Gasteiger partial charge in [-0.05, 0) is 48.2 Å². The molecule has 2 amide bonds. The van der Waals surface area contributed by atoms with E-state index in [1.165, 1.54) is 5.06 Å². The highest BCUT2D eigenvalue weighted by molar-refractivity contribution is 7.85. The van der Waals surface area contributed by atoms with Gasteiger partial charge in [0.2, 0.25) is 23.3 Å². The van der Waals surface area contributed by atoms with Crippen LogP contribution in [0.25, 0.3) is 17.2 Å². The second-order valence-electron chi connectivity index (χ2n) is 17.3. The summed E-state index contributed by atoms with van der Waals surface area (Å²) in [5.74, 6) is -12.9. The molecule has 23 nitrogen and oxygen atoms in total. The molecule has 1 aliphatic rings. The van der Waals surface area contributed by atoms with Gasteiger partial charge in [0.05, 0.1) is 162 Å². The van der Waals surface area contributed by atoms with Crippen LogP contribution in [0.4, 0.5) is 23.2 Å². The molecule has 1 heterocycles. The topological polar surface area (TPSA) is 294 Å². The van der Waals surface area contributed by atoms with Crippen molar-refractivity contribution in [3.8, 4) is 22.9 Å². The lowest BCUT2D eigenvalue weighted by Gasteiger charge is -2.21. The Kier molecular flexibility index (Phi) is 32.3.